The second-order valence-corrected chi connectivity index (χ2v) is 7.31. The van der Waals surface area contributed by atoms with Crippen LogP contribution < -0.4 is 10.6 Å². The number of nitrogens with zero attached hydrogens (tertiary/aromatic N) is 3. The molecule has 0 radical (unpaired) electrons. The number of carbonyl (C=O) groups excluding carboxylic acids is 1. The van der Waals surface area contributed by atoms with E-state index in [1.165, 1.54) is 37.8 Å². The highest BCUT2D eigenvalue weighted by atomic mass is 16.2. The van der Waals surface area contributed by atoms with E-state index in [2.05, 4.69) is 40.7 Å². The summed E-state index contributed by atoms with van der Waals surface area (Å²) >= 11 is 0. The van der Waals surface area contributed by atoms with Crippen molar-refractivity contribution >= 4 is 6.03 Å². The number of rotatable bonds is 9. The Morgan fingerprint density at radius 2 is 1.88 bits per heavy atom. The molecule has 0 atom stereocenters. The maximum Gasteiger partial charge on any atom is 0.314 e. The molecule has 1 saturated carbocycles. The zero-order valence-electron chi connectivity index (χ0n) is 16.2. The minimum Gasteiger partial charge on any atom is -0.338 e. The third-order valence-electron chi connectivity index (χ3n) is 5.11. The summed E-state index contributed by atoms with van der Waals surface area (Å²) in [6.45, 7) is 7.37. The summed E-state index contributed by atoms with van der Waals surface area (Å²) in [5, 5.41) is 10.3. The van der Waals surface area contributed by atoms with Gasteiger partial charge in [-0.05, 0) is 59.2 Å². The van der Waals surface area contributed by atoms with E-state index < -0.39 is 0 Å². The van der Waals surface area contributed by atoms with Crippen LogP contribution in [0.2, 0.25) is 0 Å². The number of nitrogens with one attached hydrogen (secondary N) is 2. The Morgan fingerprint density at radius 3 is 2.52 bits per heavy atom. The van der Waals surface area contributed by atoms with Gasteiger partial charge in [-0.25, -0.2) is 4.79 Å². The fraction of sp³-hybridized carbons (Fsp3) is 0.789. The highest BCUT2D eigenvalue weighted by Crippen LogP contribution is 2.21. The Labute approximate surface area is 152 Å². The SMILES string of the molecule is Cc1cc(C)n(CCCNC(=O)NCCCN(C)C2CCCCC2)n1. The zero-order valence-corrected chi connectivity index (χ0v) is 16.2. The molecule has 1 aromatic heterocycles. The molecular formula is C19H35N5O. The van der Waals surface area contributed by atoms with Gasteiger partial charge < -0.3 is 15.5 Å². The van der Waals surface area contributed by atoms with E-state index in [4.69, 9.17) is 0 Å². The van der Waals surface area contributed by atoms with E-state index in [1.807, 2.05) is 11.6 Å². The van der Waals surface area contributed by atoms with Gasteiger partial charge in [0.25, 0.3) is 0 Å². The van der Waals surface area contributed by atoms with E-state index in [0.29, 0.717) is 6.54 Å². The predicted molar refractivity (Wildman–Crippen MR) is 102 cm³/mol. The van der Waals surface area contributed by atoms with Gasteiger partial charge in [-0.15, -0.1) is 0 Å². The van der Waals surface area contributed by atoms with Gasteiger partial charge >= 0.3 is 6.03 Å². The Balaban J connectivity index is 1.48. The van der Waals surface area contributed by atoms with E-state index in [1.54, 1.807) is 0 Å². The fourth-order valence-corrected chi connectivity index (χ4v) is 3.63. The zero-order chi connectivity index (χ0) is 18.1. The lowest BCUT2D eigenvalue weighted by molar-refractivity contribution is 0.189. The number of hydrogen-bond acceptors (Lipinski definition) is 3. The third-order valence-corrected chi connectivity index (χ3v) is 5.11. The maximum absolute atomic E-state index is 11.8. The summed E-state index contributed by atoms with van der Waals surface area (Å²) < 4.78 is 2.00. The van der Waals surface area contributed by atoms with Crippen LogP contribution in [0.3, 0.4) is 0 Å². The molecule has 1 aromatic rings. The molecule has 25 heavy (non-hydrogen) atoms. The third kappa shape index (κ3) is 7.06. The highest BCUT2D eigenvalue weighted by Gasteiger charge is 2.17. The van der Waals surface area contributed by atoms with Gasteiger partial charge in [-0.1, -0.05) is 19.3 Å². The van der Waals surface area contributed by atoms with Crippen LogP contribution in [-0.4, -0.2) is 53.4 Å². The maximum atomic E-state index is 11.8. The van der Waals surface area contributed by atoms with Crippen LogP contribution in [0.1, 0.15) is 56.3 Å². The molecule has 0 aromatic carbocycles. The van der Waals surface area contributed by atoms with Crippen LogP contribution in [0.15, 0.2) is 6.07 Å². The number of urea groups is 1. The minimum absolute atomic E-state index is 0.0614. The van der Waals surface area contributed by atoms with Crippen LogP contribution in [-0.2, 0) is 6.54 Å². The highest BCUT2D eigenvalue weighted by molar-refractivity contribution is 5.73. The Kier molecular flexibility index (Phi) is 8.25. The molecular weight excluding hydrogens is 314 g/mol. The summed E-state index contributed by atoms with van der Waals surface area (Å²) in [6, 6.07) is 2.76. The average Bonchev–Trinajstić information content (AvgIpc) is 2.93. The van der Waals surface area contributed by atoms with Crippen molar-refractivity contribution in [3.8, 4) is 0 Å². The summed E-state index contributed by atoms with van der Waals surface area (Å²) in [6.07, 6.45) is 8.69. The van der Waals surface area contributed by atoms with Crippen molar-refractivity contribution in [2.45, 2.75) is 71.4 Å². The molecule has 142 valence electrons. The first-order chi connectivity index (χ1) is 12.1. The second-order valence-electron chi connectivity index (χ2n) is 7.31. The van der Waals surface area contributed by atoms with Gasteiger partial charge in [-0.2, -0.15) is 5.10 Å². The molecule has 2 amide bonds. The topological polar surface area (TPSA) is 62.2 Å². The van der Waals surface area contributed by atoms with E-state index in [-0.39, 0.29) is 6.03 Å². The largest absolute Gasteiger partial charge is 0.338 e. The van der Waals surface area contributed by atoms with Crippen LogP contribution in [0.4, 0.5) is 4.79 Å². The molecule has 2 rings (SSSR count). The molecule has 0 saturated heterocycles. The standard InChI is InChI=1S/C19H35N5O/c1-16-15-17(2)24(22-16)14-8-12-21-19(25)20-11-7-13-23(3)18-9-5-4-6-10-18/h15,18H,4-14H2,1-3H3,(H2,20,21,25). The van der Waals surface area contributed by atoms with Crippen LogP contribution in [0.25, 0.3) is 0 Å². The first kappa shape index (κ1) is 19.8. The molecule has 6 nitrogen and oxygen atoms in total. The lowest BCUT2D eigenvalue weighted by atomic mass is 9.94. The van der Waals surface area contributed by atoms with Gasteiger partial charge in [0.1, 0.15) is 0 Å². The minimum atomic E-state index is -0.0614. The average molecular weight is 350 g/mol. The molecule has 1 fully saturated rings. The molecule has 1 aliphatic carbocycles. The molecule has 6 heteroatoms. The Hall–Kier alpha value is -1.56. The first-order valence-electron chi connectivity index (χ1n) is 9.79. The van der Waals surface area contributed by atoms with Crippen molar-refractivity contribution in [1.82, 2.24) is 25.3 Å². The van der Waals surface area contributed by atoms with E-state index in [0.717, 1.165) is 44.2 Å². The van der Waals surface area contributed by atoms with Gasteiger partial charge in [0.2, 0.25) is 0 Å². The Morgan fingerprint density at radius 1 is 1.20 bits per heavy atom. The number of aromatic nitrogens is 2. The fourth-order valence-electron chi connectivity index (χ4n) is 3.63. The number of aryl methyl sites for hydroxylation is 3. The summed E-state index contributed by atoms with van der Waals surface area (Å²) in [4.78, 5) is 14.3. The van der Waals surface area contributed by atoms with Crippen molar-refractivity contribution in [3.63, 3.8) is 0 Å². The molecule has 1 aliphatic rings. The number of amides is 2. The summed E-state index contributed by atoms with van der Waals surface area (Å²) in [5.74, 6) is 0. The van der Waals surface area contributed by atoms with Crippen molar-refractivity contribution in [3.05, 3.63) is 17.5 Å². The lowest BCUT2D eigenvalue weighted by Crippen LogP contribution is -2.39. The van der Waals surface area contributed by atoms with E-state index in [9.17, 15) is 4.79 Å². The van der Waals surface area contributed by atoms with Gasteiger partial charge in [0, 0.05) is 31.4 Å². The van der Waals surface area contributed by atoms with Crippen molar-refractivity contribution < 1.29 is 4.79 Å². The molecule has 0 bridgehead atoms. The molecule has 0 unspecified atom stereocenters. The van der Waals surface area contributed by atoms with Crippen molar-refractivity contribution in [2.75, 3.05) is 26.7 Å². The van der Waals surface area contributed by atoms with Gasteiger partial charge in [0.05, 0.1) is 5.69 Å². The van der Waals surface area contributed by atoms with Crippen LogP contribution in [0, 0.1) is 13.8 Å². The smallest absolute Gasteiger partial charge is 0.314 e. The lowest BCUT2D eigenvalue weighted by Gasteiger charge is -2.31. The van der Waals surface area contributed by atoms with Crippen molar-refractivity contribution in [2.24, 2.45) is 0 Å². The Bertz CT molecular complexity index is 522. The summed E-state index contributed by atoms with van der Waals surface area (Å²) in [5.41, 5.74) is 2.21. The van der Waals surface area contributed by atoms with Gasteiger partial charge in [-0.3, -0.25) is 4.68 Å². The van der Waals surface area contributed by atoms with Crippen LogP contribution >= 0.6 is 0 Å². The van der Waals surface area contributed by atoms with Crippen LogP contribution in [0.5, 0.6) is 0 Å². The monoisotopic (exact) mass is 349 g/mol. The quantitative estimate of drug-likeness (QED) is 0.674. The normalized spacial score (nSPS) is 15.5. The molecule has 0 spiro atoms. The molecule has 2 N–H and O–H groups in total. The number of carbonyl (C=O) groups is 1. The van der Waals surface area contributed by atoms with Gasteiger partial charge in [0.15, 0.2) is 0 Å². The van der Waals surface area contributed by atoms with E-state index >= 15 is 0 Å². The molecule has 1 heterocycles. The molecule has 0 aliphatic heterocycles. The number of hydrogen-bond donors (Lipinski definition) is 2. The second kappa shape index (κ2) is 10.4. The summed E-state index contributed by atoms with van der Waals surface area (Å²) in [7, 11) is 2.22. The van der Waals surface area contributed by atoms with Crippen molar-refractivity contribution in [1.29, 1.82) is 0 Å². The predicted octanol–water partition coefficient (Wildman–Crippen LogP) is 2.84. The first-order valence-corrected chi connectivity index (χ1v) is 9.79.